The van der Waals surface area contributed by atoms with Crippen molar-refractivity contribution in [3.8, 4) is 0 Å². The lowest BCUT2D eigenvalue weighted by atomic mass is 10.8. The Morgan fingerprint density at radius 3 is 2.50 bits per heavy atom. The van der Waals surface area contributed by atoms with Crippen molar-refractivity contribution in [3.63, 3.8) is 0 Å². The van der Waals surface area contributed by atoms with Gasteiger partial charge in [0.15, 0.2) is 0 Å². The van der Waals surface area contributed by atoms with Crippen molar-refractivity contribution in [2.45, 2.75) is 0 Å². The molecule has 0 aromatic heterocycles. The van der Waals surface area contributed by atoms with E-state index in [9.17, 15) is 4.79 Å². The van der Waals surface area contributed by atoms with Crippen LogP contribution in [0.2, 0.25) is 0 Å². The Bertz CT molecular complexity index is 51.5. The molecule has 0 saturated carbocycles. The van der Waals surface area contributed by atoms with Crippen LogP contribution in [0.25, 0.3) is 0 Å². The minimum absolute atomic E-state index is 0.0710. The highest BCUT2D eigenvalue weighted by Crippen LogP contribution is 1.73. The molecule has 0 aliphatic heterocycles. The summed E-state index contributed by atoms with van der Waals surface area (Å²) in [6.07, 6.45) is 0. The zero-order valence-corrected chi connectivity index (χ0v) is 7.08. The van der Waals surface area contributed by atoms with Crippen molar-refractivity contribution >= 4 is 32.2 Å². The molecule has 0 aromatic rings. The summed E-state index contributed by atoms with van der Waals surface area (Å²) in [7, 11) is 0.753. The third-order valence-corrected chi connectivity index (χ3v) is 1.47. The number of alkyl halides is 1. The minimum Gasteiger partial charge on any atom is -0.390 e. The summed E-state index contributed by atoms with van der Waals surface area (Å²) in [6, 6.07) is 0. The van der Waals surface area contributed by atoms with Crippen molar-refractivity contribution < 1.29 is 4.79 Å². The maximum atomic E-state index is 10.1. The topological polar surface area (TPSA) is 29.1 Å². The fraction of sp³-hybridized carbons (Fsp3) is 0.500. The van der Waals surface area contributed by atoms with E-state index < -0.39 is 0 Å². The molecule has 0 saturated heterocycles. The molecule has 0 spiro atoms. The molecule has 0 heterocycles. The first-order valence-electron chi connectivity index (χ1n) is 1.57. The van der Waals surface area contributed by atoms with Crippen molar-refractivity contribution in [2.24, 2.45) is 0 Å². The maximum Gasteiger partial charge on any atom is 0.222 e. The Morgan fingerprint density at radius 1 is 2.00 bits per heavy atom. The van der Waals surface area contributed by atoms with Crippen molar-refractivity contribution in [1.82, 2.24) is 4.98 Å². The lowest BCUT2D eigenvalue weighted by molar-refractivity contribution is -0.116. The van der Waals surface area contributed by atoms with Gasteiger partial charge in [0.1, 0.15) is 10.4 Å². The first kappa shape index (κ1) is 6.17. The van der Waals surface area contributed by atoms with Gasteiger partial charge in [0.2, 0.25) is 5.91 Å². The standard InChI is InChI=1S/C2H6BrNOSi/c3-1-2(5)4-6/h1H2,6H3,(H,4,5). The van der Waals surface area contributed by atoms with Gasteiger partial charge in [-0.25, -0.2) is 0 Å². The third kappa shape index (κ3) is 2.41. The van der Waals surface area contributed by atoms with Crippen LogP contribution in [0.5, 0.6) is 0 Å². The first-order valence-corrected chi connectivity index (χ1v) is 3.70. The molecule has 0 unspecified atom stereocenters. The van der Waals surface area contributed by atoms with Gasteiger partial charge >= 0.3 is 0 Å². The first-order chi connectivity index (χ1) is 2.81. The van der Waals surface area contributed by atoms with E-state index >= 15 is 0 Å². The van der Waals surface area contributed by atoms with E-state index in [1.807, 2.05) is 0 Å². The van der Waals surface area contributed by atoms with Crippen LogP contribution in [0.3, 0.4) is 0 Å². The van der Waals surface area contributed by atoms with Gasteiger partial charge in [0.25, 0.3) is 0 Å². The number of carbonyl (C=O) groups is 1. The van der Waals surface area contributed by atoms with Crippen molar-refractivity contribution in [1.29, 1.82) is 0 Å². The second-order valence-electron chi connectivity index (χ2n) is 0.807. The Kier molecular flexibility index (Phi) is 3.45. The lowest BCUT2D eigenvalue weighted by Gasteiger charge is -1.86. The Morgan fingerprint density at radius 2 is 2.50 bits per heavy atom. The molecule has 0 bridgehead atoms. The van der Waals surface area contributed by atoms with E-state index in [0.29, 0.717) is 5.33 Å². The van der Waals surface area contributed by atoms with Gasteiger partial charge < -0.3 is 4.98 Å². The SMILES string of the molecule is O=C(CBr)N[SiH3]. The quantitative estimate of drug-likeness (QED) is 0.386. The fourth-order valence-electron chi connectivity index (χ4n) is 0.0668. The summed E-state index contributed by atoms with van der Waals surface area (Å²) in [4.78, 5) is 12.6. The van der Waals surface area contributed by atoms with E-state index in [-0.39, 0.29) is 5.91 Å². The molecule has 0 atom stereocenters. The van der Waals surface area contributed by atoms with E-state index in [4.69, 9.17) is 0 Å². The molecule has 0 aliphatic carbocycles. The summed E-state index contributed by atoms with van der Waals surface area (Å²) >= 11 is 2.99. The molecule has 0 rings (SSSR count). The average molecular weight is 168 g/mol. The van der Waals surface area contributed by atoms with Gasteiger partial charge in [-0.2, -0.15) is 0 Å². The summed E-state index contributed by atoms with van der Waals surface area (Å²) < 4.78 is 0. The van der Waals surface area contributed by atoms with Crippen LogP contribution in [0.4, 0.5) is 0 Å². The molecule has 0 radical (unpaired) electrons. The van der Waals surface area contributed by atoms with E-state index in [0.717, 1.165) is 10.4 Å². The van der Waals surface area contributed by atoms with Crippen LogP contribution < -0.4 is 4.98 Å². The Hall–Kier alpha value is 0.167. The molecule has 2 nitrogen and oxygen atoms in total. The monoisotopic (exact) mass is 167 g/mol. The summed E-state index contributed by atoms with van der Waals surface area (Å²) in [5, 5.41) is 0.427. The van der Waals surface area contributed by atoms with Gasteiger partial charge in [-0.1, -0.05) is 15.9 Å². The molecule has 6 heavy (non-hydrogen) atoms. The highest BCUT2D eigenvalue weighted by molar-refractivity contribution is 9.09. The number of rotatable bonds is 1. The zero-order valence-electron chi connectivity index (χ0n) is 3.49. The molecule has 36 valence electrons. The van der Waals surface area contributed by atoms with Gasteiger partial charge in [0, 0.05) is 0 Å². The number of halogens is 1. The van der Waals surface area contributed by atoms with Gasteiger partial charge in [-0.3, -0.25) is 4.79 Å². The fourth-order valence-corrected chi connectivity index (χ4v) is 1.04. The highest BCUT2D eigenvalue weighted by Gasteiger charge is 1.85. The molecule has 1 N–H and O–H groups in total. The van der Waals surface area contributed by atoms with Gasteiger partial charge in [0.05, 0.1) is 5.33 Å². The van der Waals surface area contributed by atoms with E-state index in [2.05, 4.69) is 20.9 Å². The molecule has 1 amide bonds. The zero-order chi connectivity index (χ0) is 4.99. The molecule has 4 heteroatoms. The van der Waals surface area contributed by atoms with Crippen LogP contribution in [-0.4, -0.2) is 21.6 Å². The van der Waals surface area contributed by atoms with E-state index in [1.54, 1.807) is 0 Å². The molecular formula is C2H6BrNOSi. The molecule has 0 fully saturated rings. The number of hydrogen-bond donors (Lipinski definition) is 1. The van der Waals surface area contributed by atoms with Crippen LogP contribution >= 0.6 is 15.9 Å². The molecule has 0 aromatic carbocycles. The number of carbonyl (C=O) groups excluding carboxylic acids is 1. The van der Waals surface area contributed by atoms with Crippen LogP contribution in [-0.2, 0) is 4.79 Å². The maximum absolute atomic E-state index is 10.1. The minimum atomic E-state index is 0.0710. The second kappa shape index (κ2) is 3.36. The predicted octanol–water partition coefficient (Wildman–Crippen LogP) is -1.22. The van der Waals surface area contributed by atoms with Crippen molar-refractivity contribution in [2.75, 3.05) is 5.33 Å². The second-order valence-corrected chi connectivity index (χ2v) is 1.87. The third-order valence-electron chi connectivity index (χ3n) is 0.400. The smallest absolute Gasteiger partial charge is 0.222 e. The number of nitrogens with one attached hydrogen (secondary N) is 1. The highest BCUT2D eigenvalue weighted by atomic mass is 79.9. The Balaban J connectivity index is 2.99. The van der Waals surface area contributed by atoms with Crippen LogP contribution in [0.1, 0.15) is 0 Å². The largest absolute Gasteiger partial charge is 0.390 e. The lowest BCUT2D eigenvalue weighted by Crippen LogP contribution is -2.19. The van der Waals surface area contributed by atoms with Crippen molar-refractivity contribution in [3.05, 3.63) is 0 Å². The van der Waals surface area contributed by atoms with Crippen LogP contribution in [0, 0.1) is 0 Å². The van der Waals surface area contributed by atoms with Gasteiger partial charge in [-0.15, -0.1) is 0 Å². The summed E-state index contributed by atoms with van der Waals surface area (Å²) in [6.45, 7) is 0. The predicted molar refractivity (Wildman–Crippen MR) is 31.9 cm³/mol. The average Bonchev–Trinajstić information content (AvgIpc) is 1.65. The normalized spacial score (nSPS) is 8.17. The van der Waals surface area contributed by atoms with Gasteiger partial charge in [-0.05, 0) is 0 Å². The number of hydrogen-bond acceptors (Lipinski definition) is 1. The van der Waals surface area contributed by atoms with Crippen LogP contribution in [0.15, 0.2) is 0 Å². The molecule has 0 aliphatic rings. The van der Waals surface area contributed by atoms with E-state index in [1.165, 1.54) is 0 Å². The molecular weight excluding hydrogens is 162 g/mol. The number of amides is 1. The summed E-state index contributed by atoms with van der Waals surface area (Å²) in [5.74, 6) is 0.0710. The summed E-state index contributed by atoms with van der Waals surface area (Å²) in [5.41, 5.74) is 0. The Labute approximate surface area is 47.9 Å².